The van der Waals surface area contributed by atoms with Gasteiger partial charge in [0.05, 0.1) is 18.3 Å². The van der Waals surface area contributed by atoms with E-state index in [1.165, 1.54) is 11.1 Å². The smallest absolute Gasteiger partial charge is 0.141 e. The minimum absolute atomic E-state index is 0.0285. The maximum atomic E-state index is 14.0. The highest BCUT2D eigenvalue weighted by Crippen LogP contribution is 2.34. The fourth-order valence-electron chi connectivity index (χ4n) is 2.70. The minimum Gasteiger partial charge on any atom is -0.508 e. The number of hydrazone groups is 1. The SMILES string of the molecule is O=CCN1N=C(c2cc(F)ccc2F)CC1c1cccc(O)c1. The number of carbonyl (C=O) groups excluding carboxylic acids is 1. The van der Waals surface area contributed by atoms with Crippen LogP contribution in [0.4, 0.5) is 8.78 Å². The van der Waals surface area contributed by atoms with Crippen LogP contribution in [0.2, 0.25) is 0 Å². The van der Waals surface area contributed by atoms with Crippen molar-refractivity contribution in [3.8, 4) is 5.75 Å². The quantitative estimate of drug-likeness (QED) is 0.882. The largest absolute Gasteiger partial charge is 0.508 e. The van der Waals surface area contributed by atoms with Gasteiger partial charge in [0.15, 0.2) is 0 Å². The first-order chi connectivity index (χ1) is 11.1. The van der Waals surface area contributed by atoms with Crippen molar-refractivity contribution >= 4 is 12.0 Å². The molecule has 1 unspecified atom stereocenters. The van der Waals surface area contributed by atoms with Gasteiger partial charge in [-0.15, -0.1) is 0 Å². The summed E-state index contributed by atoms with van der Waals surface area (Å²) < 4.78 is 27.3. The van der Waals surface area contributed by atoms with Crippen molar-refractivity contribution in [3.63, 3.8) is 0 Å². The molecule has 6 heteroatoms. The number of phenols is 1. The van der Waals surface area contributed by atoms with E-state index in [0.29, 0.717) is 18.4 Å². The van der Waals surface area contributed by atoms with E-state index in [-0.39, 0.29) is 23.9 Å². The van der Waals surface area contributed by atoms with Crippen molar-refractivity contribution in [2.24, 2.45) is 5.10 Å². The first kappa shape index (κ1) is 15.1. The third kappa shape index (κ3) is 3.06. The molecule has 0 aliphatic carbocycles. The number of benzene rings is 2. The molecule has 2 aromatic rings. The number of nitrogens with zero attached hydrogens (tertiary/aromatic N) is 2. The summed E-state index contributed by atoms with van der Waals surface area (Å²) in [6, 6.07) is 9.47. The zero-order valence-corrected chi connectivity index (χ0v) is 12.1. The van der Waals surface area contributed by atoms with Gasteiger partial charge in [-0.05, 0) is 35.9 Å². The van der Waals surface area contributed by atoms with Crippen LogP contribution in [0.25, 0.3) is 0 Å². The van der Waals surface area contributed by atoms with E-state index in [1.807, 2.05) is 0 Å². The Labute approximate surface area is 131 Å². The number of hydrogen-bond donors (Lipinski definition) is 1. The first-order valence-electron chi connectivity index (χ1n) is 7.10. The van der Waals surface area contributed by atoms with Crippen LogP contribution < -0.4 is 0 Å². The van der Waals surface area contributed by atoms with E-state index in [0.717, 1.165) is 23.8 Å². The van der Waals surface area contributed by atoms with Crippen LogP contribution >= 0.6 is 0 Å². The van der Waals surface area contributed by atoms with Crippen molar-refractivity contribution < 1.29 is 18.7 Å². The lowest BCUT2D eigenvalue weighted by molar-refractivity contribution is -0.109. The molecule has 0 radical (unpaired) electrons. The standard InChI is InChI=1S/C17H14F2N2O2/c18-12-4-5-15(19)14(9-12)16-10-17(21(20-16)6-7-22)11-2-1-3-13(23)8-11/h1-5,7-9,17,23H,6,10H2. The highest BCUT2D eigenvalue weighted by Gasteiger charge is 2.30. The molecular weight excluding hydrogens is 302 g/mol. The van der Waals surface area contributed by atoms with Gasteiger partial charge in [0.2, 0.25) is 0 Å². The Morgan fingerprint density at radius 1 is 1.26 bits per heavy atom. The van der Waals surface area contributed by atoms with Crippen molar-refractivity contribution in [1.29, 1.82) is 0 Å². The van der Waals surface area contributed by atoms with Gasteiger partial charge in [0.25, 0.3) is 0 Å². The Kier molecular flexibility index (Phi) is 4.06. The van der Waals surface area contributed by atoms with Crippen LogP contribution in [0.1, 0.15) is 23.6 Å². The van der Waals surface area contributed by atoms with Crippen molar-refractivity contribution in [1.82, 2.24) is 5.01 Å². The van der Waals surface area contributed by atoms with E-state index in [9.17, 15) is 18.7 Å². The Balaban J connectivity index is 1.96. The molecule has 0 saturated carbocycles. The lowest BCUT2D eigenvalue weighted by atomic mass is 9.98. The molecule has 0 bridgehead atoms. The molecule has 1 N–H and O–H groups in total. The second-order valence-electron chi connectivity index (χ2n) is 5.27. The summed E-state index contributed by atoms with van der Waals surface area (Å²) in [5, 5.41) is 15.4. The Hall–Kier alpha value is -2.76. The third-order valence-corrected chi connectivity index (χ3v) is 3.75. The molecule has 1 heterocycles. The van der Waals surface area contributed by atoms with Gasteiger partial charge in [-0.1, -0.05) is 12.1 Å². The van der Waals surface area contributed by atoms with E-state index >= 15 is 0 Å². The highest BCUT2D eigenvalue weighted by molar-refractivity contribution is 6.02. The summed E-state index contributed by atoms with van der Waals surface area (Å²) in [5.74, 6) is -1.02. The van der Waals surface area contributed by atoms with Crippen molar-refractivity contribution in [2.75, 3.05) is 6.54 Å². The molecule has 1 aliphatic heterocycles. The monoisotopic (exact) mass is 316 g/mol. The van der Waals surface area contributed by atoms with Crippen LogP contribution in [0, 0.1) is 11.6 Å². The average Bonchev–Trinajstić information content (AvgIpc) is 2.94. The summed E-state index contributed by atoms with van der Waals surface area (Å²) >= 11 is 0. The number of halogens is 2. The molecule has 1 atom stereocenters. The number of aromatic hydroxyl groups is 1. The van der Waals surface area contributed by atoms with Crippen molar-refractivity contribution in [2.45, 2.75) is 12.5 Å². The third-order valence-electron chi connectivity index (χ3n) is 3.75. The molecule has 118 valence electrons. The maximum Gasteiger partial charge on any atom is 0.141 e. The van der Waals surface area contributed by atoms with E-state index in [4.69, 9.17) is 0 Å². The van der Waals surface area contributed by atoms with Crippen LogP contribution in [0.3, 0.4) is 0 Å². The lowest BCUT2D eigenvalue weighted by Gasteiger charge is -2.21. The van der Waals surface area contributed by atoms with Gasteiger partial charge in [0.1, 0.15) is 23.7 Å². The molecule has 23 heavy (non-hydrogen) atoms. The van der Waals surface area contributed by atoms with E-state index in [2.05, 4.69) is 5.10 Å². The van der Waals surface area contributed by atoms with E-state index in [1.54, 1.807) is 18.2 Å². The van der Waals surface area contributed by atoms with Crippen molar-refractivity contribution in [3.05, 3.63) is 65.2 Å². The predicted molar refractivity (Wildman–Crippen MR) is 81.1 cm³/mol. The lowest BCUT2D eigenvalue weighted by Crippen LogP contribution is -2.21. The van der Waals surface area contributed by atoms with Gasteiger partial charge >= 0.3 is 0 Å². The molecule has 3 rings (SSSR count). The molecule has 2 aromatic carbocycles. The zero-order chi connectivity index (χ0) is 16.4. The fraction of sp³-hybridized carbons (Fsp3) is 0.176. The number of aldehydes is 1. The van der Waals surface area contributed by atoms with Gasteiger partial charge in [-0.25, -0.2) is 8.78 Å². The van der Waals surface area contributed by atoms with Gasteiger partial charge < -0.3 is 9.90 Å². The summed E-state index contributed by atoms with van der Waals surface area (Å²) in [6.45, 7) is 0.0285. The average molecular weight is 316 g/mol. The number of phenolic OH excluding ortho intramolecular Hbond substituents is 1. The first-order valence-corrected chi connectivity index (χ1v) is 7.10. The fourth-order valence-corrected chi connectivity index (χ4v) is 2.70. The molecule has 4 nitrogen and oxygen atoms in total. The number of carbonyl (C=O) groups is 1. The van der Waals surface area contributed by atoms with E-state index < -0.39 is 11.6 Å². The van der Waals surface area contributed by atoms with Crippen LogP contribution in [0.15, 0.2) is 47.6 Å². The summed E-state index contributed by atoms with van der Waals surface area (Å²) in [5.41, 5.74) is 1.21. The molecule has 0 aromatic heterocycles. The minimum atomic E-state index is -0.562. The van der Waals surface area contributed by atoms with Crippen LogP contribution in [-0.4, -0.2) is 28.7 Å². The molecule has 1 aliphatic rings. The molecule has 0 fully saturated rings. The molecule has 0 saturated heterocycles. The van der Waals surface area contributed by atoms with Gasteiger partial charge in [0, 0.05) is 12.0 Å². The summed E-state index contributed by atoms with van der Waals surface area (Å²) in [6.07, 6.45) is 1.02. The molecular formula is C17H14F2N2O2. The second kappa shape index (κ2) is 6.16. The normalized spacial score (nSPS) is 17.2. The molecule has 0 amide bonds. The predicted octanol–water partition coefficient (Wildman–Crippen LogP) is 3.02. The summed E-state index contributed by atoms with van der Waals surface area (Å²) in [7, 11) is 0. The second-order valence-corrected chi connectivity index (χ2v) is 5.27. The summed E-state index contributed by atoms with van der Waals surface area (Å²) in [4.78, 5) is 10.9. The van der Waals surface area contributed by atoms with Crippen LogP contribution in [-0.2, 0) is 4.79 Å². The number of rotatable bonds is 4. The zero-order valence-electron chi connectivity index (χ0n) is 12.1. The Bertz CT molecular complexity index is 777. The number of hydrogen-bond acceptors (Lipinski definition) is 4. The maximum absolute atomic E-state index is 14.0. The topological polar surface area (TPSA) is 52.9 Å². The Morgan fingerprint density at radius 3 is 2.83 bits per heavy atom. The van der Waals surface area contributed by atoms with Gasteiger partial charge in [-0.3, -0.25) is 5.01 Å². The van der Waals surface area contributed by atoms with Gasteiger partial charge in [-0.2, -0.15) is 5.10 Å². The van der Waals surface area contributed by atoms with Crippen LogP contribution in [0.5, 0.6) is 5.75 Å². The Morgan fingerprint density at radius 2 is 2.09 bits per heavy atom. The molecule has 0 spiro atoms. The highest BCUT2D eigenvalue weighted by atomic mass is 19.1.